The summed E-state index contributed by atoms with van der Waals surface area (Å²) < 4.78 is 18.1. The molecule has 1 atom stereocenters. The van der Waals surface area contributed by atoms with Crippen LogP contribution in [0.3, 0.4) is 0 Å². The molecule has 0 aliphatic rings. The molecule has 20 heavy (non-hydrogen) atoms. The van der Waals surface area contributed by atoms with E-state index in [0.29, 0.717) is 12.2 Å². The zero-order valence-electron chi connectivity index (χ0n) is 11.3. The van der Waals surface area contributed by atoms with Crippen LogP contribution in [0.5, 0.6) is 5.75 Å². The lowest BCUT2D eigenvalue weighted by Crippen LogP contribution is -2.36. The van der Waals surface area contributed by atoms with Gasteiger partial charge in [-0.25, -0.2) is 4.39 Å². The Hall–Kier alpha value is -2.11. The molecule has 0 heterocycles. The fourth-order valence-corrected chi connectivity index (χ4v) is 1.63. The molecule has 6 heteroatoms. The molecule has 0 saturated carbocycles. The third kappa shape index (κ3) is 6.17. The van der Waals surface area contributed by atoms with Gasteiger partial charge in [-0.2, -0.15) is 0 Å². The van der Waals surface area contributed by atoms with Gasteiger partial charge in [0.15, 0.2) is 0 Å². The predicted molar refractivity (Wildman–Crippen MR) is 71.0 cm³/mol. The highest BCUT2D eigenvalue weighted by Gasteiger charge is 2.13. The number of carbonyl (C=O) groups is 2. The van der Waals surface area contributed by atoms with Gasteiger partial charge in [0.2, 0.25) is 5.91 Å². The van der Waals surface area contributed by atoms with Gasteiger partial charge in [0.25, 0.3) is 0 Å². The van der Waals surface area contributed by atoms with Gasteiger partial charge < -0.3 is 15.2 Å². The Balaban J connectivity index is 2.30. The highest BCUT2D eigenvalue weighted by atomic mass is 19.1. The zero-order valence-corrected chi connectivity index (χ0v) is 11.3. The minimum Gasteiger partial charge on any atom is -0.493 e. The molecule has 0 saturated heterocycles. The van der Waals surface area contributed by atoms with Crippen molar-refractivity contribution in [2.24, 2.45) is 0 Å². The van der Waals surface area contributed by atoms with Crippen molar-refractivity contribution in [2.75, 3.05) is 6.61 Å². The van der Waals surface area contributed by atoms with Gasteiger partial charge in [-0.15, -0.1) is 0 Å². The summed E-state index contributed by atoms with van der Waals surface area (Å²) in [5.74, 6) is -1.28. The number of carbonyl (C=O) groups excluding carboxylic acids is 1. The quantitative estimate of drug-likeness (QED) is 0.764. The van der Waals surface area contributed by atoms with Crippen LogP contribution in [0, 0.1) is 5.82 Å². The molecular weight excluding hydrogens is 265 g/mol. The van der Waals surface area contributed by atoms with Crippen LogP contribution in [0.1, 0.15) is 26.2 Å². The molecule has 2 N–H and O–H groups in total. The molecule has 0 radical (unpaired) electrons. The molecular formula is C14H18FNO4. The third-order valence-electron chi connectivity index (χ3n) is 2.67. The molecule has 0 aliphatic carbocycles. The standard InChI is InChI=1S/C14H18FNO4/c1-2-11(9-14(18)19)16-13(17)6-7-20-12-5-3-4-10(15)8-12/h3-5,8,11H,2,6-7,9H2,1H3,(H,16,17)(H,18,19). The number of hydrogen-bond donors (Lipinski definition) is 2. The maximum absolute atomic E-state index is 12.9. The lowest BCUT2D eigenvalue weighted by molar-refractivity contribution is -0.137. The minimum absolute atomic E-state index is 0.0899. The van der Waals surface area contributed by atoms with Crippen LogP contribution in [-0.4, -0.2) is 29.6 Å². The van der Waals surface area contributed by atoms with E-state index in [9.17, 15) is 14.0 Å². The van der Waals surface area contributed by atoms with E-state index < -0.39 is 11.8 Å². The van der Waals surface area contributed by atoms with E-state index in [-0.39, 0.29) is 31.4 Å². The Morgan fingerprint density at radius 3 is 2.80 bits per heavy atom. The van der Waals surface area contributed by atoms with E-state index in [1.807, 2.05) is 0 Å². The lowest BCUT2D eigenvalue weighted by Gasteiger charge is -2.14. The summed E-state index contributed by atoms with van der Waals surface area (Å²) in [5.41, 5.74) is 0. The van der Waals surface area contributed by atoms with Crippen LogP contribution < -0.4 is 10.1 Å². The van der Waals surface area contributed by atoms with Gasteiger partial charge in [-0.1, -0.05) is 13.0 Å². The molecule has 1 rings (SSSR count). The second kappa shape index (κ2) is 8.14. The number of halogens is 1. The molecule has 0 aromatic heterocycles. The summed E-state index contributed by atoms with van der Waals surface area (Å²) in [5, 5.41) is 11.3. The van der Waals surface area contributed by atoms with Crippen LogP contribution in [-0.2, 0) is 9.59 Å². The summed E-state index contributed by atoms with van der Waals surface area (Å²) in [6.07, 6.45) is 0.530. The minimum atomic E-state index is -0.951. The largest absolute Gasteiger partial charge is 0.493 e. The topological polar surface area (TPSA) is 75.6 Å². The average Bonchev–Trinajstić information content (AvgIpc) is 2.37. The lowest BCUT2D eigenvalue weighted by atomic mass is 10.1. The van der Waals surface area contributed by atoms with E-state index >= 15 is 0 Å². The van der Waals surface area contributed by atoms with Gasteiger partial charge >= 0.3 is 5.97 Å². The van der Waals surface area contributed by atoms with Gasteiger partial charge in [-0.05, 0) is 18.6 Å². The Morgan fingerprint density at radius 1 is 1.45 bits per heavy atom. The number of nitrogens with one attached hydrogen (secondary N) is 1. The van der Waals surface area contributed by atoms with E-state index in [1.165, 1.54) is 18.2 Å². The Kier molecular flexibility index (Phi) is 6.49. The molecule has 0 bridgehead atoms. The van der Waals surface area contributed by atoms with Crippen LogP contribution in [0.15, 0.2) is 24.3 Å². The second-order valence-corrected chi connectivity index (χ2v) is 4.33. The van der Waals surface area contributed by atoms with Crippen molar-refractivity contribution >= 4 is 11.9 Å². The van der Waals surface area contributed by atoms with Crippen molar-refractivity contribution in [1.29, 1.82) is 0 Å². The van der Waals surface area contributed by atoms with Gasteiger partial charge in [0.05, 0.1) is 19.4 Å². The number of rotatable bonds is 8. The summed E-state index contributed by atoms with van der Waals surface area (Å²) >= 11 is 0. The molecule has 110 valence electrons. The number of carboxylic acids is 1. The van der Waals surface area contributed by atoms with Crippen molar-refractivity contribution < 1.29 is 23.8 Å². The van der Waals surface area contributed by atoms with E-state index in [4.69, 9.17) is 9.84 Å². The first-order valence-corrected chi connectivity index (χ1v) is 6.40. The summed E-state index contributed by atoms with van der Waals surface area (Å²) in [4.78, 5) is 22.2. The smallest absolute Gasteiger partial charge is 0.305 e. The maximum atomic E-state index is 12.9. The first-order valence-electron chi connectivity index (χ1n) is 6.40. The van der Waals surface area contributed by atoms with Crippen LogP contribution in [0.2, 0.25) is 0 Å². The fraction of sp³-hybridized carbons (Fsp3) is 0.429. The summed E-state index contributed by atoms with van der Waals surface area (Å²) in [6.45, 7) is 1.91. The van der Waals surface area contributed by atoms with E-state index in [0.717, 1.165) is 0 Å². The first kappa shape index (κ1) is 15.9. The second-order valence-electron chi connectivity index (χ2n) is 4.33. The highest BCUT2D eigenvalue weighted by molar-refractivity contribution is 5.77. The monoisotopic (exact) mass is 283 g/mol. The fourth-order valence-electron chi connectivity index (χ4n) is 1.63. The van der Waals surface area contributed by atoms with Gasteiger partial charge in [-0.3, -0.25) is 9.59 Å². The molecule has 1 aromatic rings. The van der Waals surface area contributed by atoms with Crippen LogP contribution in [0.25, 0.3) is 0 Å². The number of hydrogen-bond acceptors (Lipinski definition) is 3. The van der Waals surface area contributed by atoms with Crippen molar-refractivity contribution in [3.05, 3.63) is 30.1 Å². The molecule has 1 aromatic carbocycles. The van der Waals surface area contributed by atoms with Crippen molar-refractivity contribution in [3.63, 3.8) is 0 Å². The number of amides is 1. The first-order chi connectivity index (χ1) is 9.51. The van der Waals surface area contributed by atoms with Crippen LogP contribution in [0.4, 0.5) is 4.39 Å². The number of ether oxygens (including phenoxy) is 1. The molecule has 0 aliphatic heterocycles. The van der Waals surface area contributed by atoms with Crippen molar-refractivity contribution in [3.8, 4) is 5.75 Å². The third-order valence-corrected chi connectivity index (χ3v) is 2.67. The van der Waals surface area contributed by atoms with Crippen LogP contribution >= 0.6 is 0 Å². The van der Waals surface area contributed by atoms with Gasteiger partial charge in [0.1, 0.15) is 11.6 Å². The predicted octanol–water partition coefficient (Wildman–Crippen LogP) is 1.96. The van der Waals surface area contributed by atoms with E-state index in [2.05, 4.69) is 5.32 Å². The molecule has 0 spiro atoms. The number of benzene rings is 1. The molecule has 0 fully saturated rings. The number of aliphatic carboxylic acids is 1. The van der Waals surface area contributed by atoms with Crippen molar-refractivity contribution in [1.82, 2.24) is 5.32 Å². The molecule has 1 unspecified atom stereocenters. The molecule has 1 amide bonds. The zero-order chi connectivity index (χ0) is 15.0. The number of carboxylic acid groups (broad SMARTS) is 1. The molecule has 5 nitrogen and oxygen atoms in total. The SMILES string of the molecule is CCC(CC(=O)O)NC(=O)CCOc1cccc(F)c1. The average molecular weight is 283 g/mol. The summed E-state index contributed by atoms with van der Waals surface area (Å²) in [6, 6.07) is 5.27. The van der Waals surface area contributed by atoms with Crippen molar-refractivity contribution in [2.45, 2.75) is 32.2 Å². The normalized spacial score (nSPS) is 11.7. The Labute approximate surface area is 116 Å². The Morgan fingerprint density at radius 2 is 2.20 bits per heavy atom. The summed E-state index contributed by atoms with van der Waals surface area (Å²) in [7, 11) is 0. The van der Waals surface area contributed by atoms with Gasteiger partial charge in [0, 0.05) is 12.1 Å². The highest BCUT2D eigenvalue weighted by Crippen LogP contribution is 2.12. The Bertz CT molecular complexity index is 464. The van der Waals surface area contributed by atoms with E-state index in [1.54, 1.807) is 13.0 Å². The maximum Gasteiger partial charge on any atom is 0.305 e.